The highest BCUT2D eigenvalue weighted by Gasteiger charge is 2.33. The Balaban J connectivity index is 2.37. The van der Waals surface area contributed by atoms with Gasteiger partial charge in [0.1, 0.15) is 28.7 Å². The van der Waals surface area contributed by atoms with Gasteiger partial charge in [-0.15, -0.1) is 0 Å². The molecule has 4 nitrogen and oxygen atoms in total. The van der Waals surface area contributed by atoms with E-state index in [4.69, 9.17) is 5.73 Å². The minimum atomic E-state index is -4.69. The topological polar surface area (TPSA) is 60.9 Å². The molecule has 1 aromatic heterocycles. The Hall–Kier alpha value is -2.88. The SMILES string of the molecule is NC(CC(F)(F)F)c1nc2cccc(F)c2c(=O)n1-c1cc(F)cc(F)c1. The molecule has 0 fully saturated rings. The average Bonchev–Trinajstić information content (AvgIpc) is 2.51. The molecule has 0 aliphatic rings. The summed E-state index contributed by atoms with van der Waals surface area (Å²) in [6.07, 6.45) is -6.23. The fourth-order valence-corrected chi connectivity index (χ4v) is 2.71. The van der Waals surface area contributed by atoms with Crippen LogP contribution in [0.1, 0.15) is 18.3 Å². The van der Waals surface area contributed by atoms with Crippen molar-refractivity contribution < 1.29 is 26.3 Å². The third kappa shape index (κ3) is 3.80. The summed E-state index contributed by atoms with van der Waals surface area (Å²) < 4.78 is 80.0. The Bertz CT molecular complexity index is 1060. The molecule has 0 bridgehead atoms. The van der Waals surface area contributed by atoms with Gasteiger partial charge in [0.25, 0.3) is 5.56 Å². The molecule has 1 unspecified atom stereocenters. The Kier molecular flexibility index (Phi) is 4.68. The molecule has 27 heavy (non-hydrogen) atoms. The Morgan fingerprint density at radius 3 is 2.30 bits per heavy atom. The summed E-state index contributed by atoms with van der Waals surface area (Å²) in [7, 11) is 0. The molecule has 3 aromatic rings. The number of alkyl halides is 3. The predicted molar refractivity (Wildman–Crippen MR) is 84.8 cm³/mol. The number of rotatable bonds is 3. The molecule has 0 amide bonds. The second kappa shape index (κ2) is 6.69. The first kappa shape index (κ1) is 18.9. The number of hydrogen-bond donors (Lipinski definition) is 1. The molecule has 0 aliphatic heterocycles. The van der Waals surface area contributed by atoms with Crippen LogP contribution in [0, 0.1) is 17.5 Å². The fourth-order valence-electron chi connectivity index (χ4n) is 2.71. The maximum Gasteiger partial charge on any atom is 0.391 e. The standard InChI is InChI=1S/C17H11F6N3O/c18-8-4-9(19)6-10(5-8)26-15(12(24)7-17(21,22)23)25-13-3-1-2-11(20)14(13)16(26)27/h1-6,12H,7,24H2. The highest BCUT2D eigenvalue weighted by atomic mass is 19.4. The highest BCUT2D eigenvalue weighted by Crippen LogP contribution is 2.29. The maximum absolute atomic E-state index is 14.1. The van der Waals surface area contributed by atoms with E-state index in [9.17, 15) is 31.1 Å². The van der Waals surface area contributed by atoms with Crippen LogP contribution < -0.4 is 11.3 Å². The normalized spacial score (nSPS) is 13.1. The van der Waals surface area contributed by atoms with Crippen LogP contribution in [0.4, 0.5) is 26.3 Å². The molecule has 3 rings (SSSR count). The van der Waals surface area contributed by atoms with Crippen LogP contribution in [0.25, 0.3) is 16.6 Å². The first-order valence-corrected chi connectivity index (χ1v) is 7.57. The lowest BCUT2D eigenvalue weighted by atomic mass is 10.1. The zero-order valence-corrected chi connectivity index (χ0v) is 13.4. The van der Waals surface area contributed by atoms with Crippen molar-refractivity contribution in [3.05, 3.63) is 70.0 Å². The van der Waals surface area contributed by atoms with Gasteiger partial charge in [0.2, 0.25) is 0 Å². The van der Waals surface area contributed by atoms with E-state index in [1.807, 2.05) is 0 Å². The smallest absolute Gasteiger partial charge is 0.321 e. The first-order valence-electron chi connectivity index (χ1n) is 7.57. The lowest BCUT2D eigenvalue weighted by Crippen LogP contribution is -2.31. The number of fused-ring (bicyclic) bond motifs is 1. The van der Waals surface area contributed by atoms with Crippen LogP contribution in [0.2, 0.25) is 0 Å². The van der Waals surface area contributed by atoms with Crippen LogP contribution in [-0.2, 0) is 0 Å². The van der Waals surface area contributed by atoms with Crippen molar-refractivity contribution in [3.8, 4) is 5.69 Å². The van der Waals surface area contributed by atoms with E-state index in [0.717, 1.165) is 6.07 Å². The van der Waals surface area contributed by atoms with Gasteiger partial charge in [-0.1, -0.05) is 6.07 Å². The number of nitrogens with zero attached hydrogens (tertiary/aromatic N) is 2. The van der Waals surface area contributed by atoms with Crippen molar-refractivity contribution in [2.45, 2.75) is 18.6 Å². The van der Waals surface area contributed by atoms with Gasteiger partial charge in [0.05, 0.1) is 23.7 Å². The molecular formula is C17H11F6N3O. The van der Waals surface area contributed by atoms with E-state index in [1.165, 1.54) is 12.1 Å². The molecule has 0 radical (unpaired) electrons. The average molecular weight is 387 g/mol. The molecule has 10 heteroatoms. The van der Waals surface area contributed by atoms with Gasteiger partial charge < -0.3 is 5.73 Å². The molecule has 2 aromatic carbocycles. The molecule has 0 aliphatic carbocycles. The maximum atomic E-state index is 14.1. The summed E-state index contributed by atoms with van der Waals surface area (Å²) in [5.41, 5.74) is 3.76. The zero-order valence-electron chi connectivity index (χ0n) is 13.4. The van der Waals surface area contributed by atoms with Gasteiger partial charge in [-0.3, -0.25) is 9.36 Å². The minimum absolute atomic E-state index is 0.222. The first-order chi connectivity index (χ1) is 12.6. The Morgan fingerprint density at radius 2 is 1.70 bits per heavy atom. The minimum Gasteiger partial charge on any atom is -0.321 e. The van der Waals surface area contributed by atoms with Crippen molar-refractivity contribution >= 4 is 10.9 Å². The Morgan fingerprint density at radius 1 is 1.07 bits per heavy atom. The molecule has 2 N–H and O–H groups in total. The lowest BCUT2D eigenvalue weighted by Gasteiger charge is -2.19. The lowest BCUT2D eigenvalue weighted by molar-refractivity contribution is -0.139. The van der Waals surface area contributed by atoms with Crippen LogP contribution in [0.3, 0.4) is 0 Å². The van der Waals surface area contributed by atoms with Crippen molar-refractivity contribution in [1.82, 2.24) is 9.55 Å². The van der Waals surface area contributed by atoms with Crippen molar-refractivity contribution in [3.63, 3.8) is 0 Å². The summed E-state index contributed by atoms with van der Waals surface area (Å²) in [6, 6.07) is 3.51. The molecule has 0 saturated heterocycles. The van der Waals surface area contributed by atoms with E-state index in [0.29, 0.717) is 22.8 Å². The van der Waals surface area contributed by atoms with Crippen LogP contribution in [0.5, 0.6) is 0 Å². The second-order valence-electron chi connectivity index (χ2n) is 5.80. The molecule has 0 spiro atoms. The monoisotopic (exact) mass is 387 g/mol. The third-order valence-electron chi connectivity index (χ3n) is 3.76. The number of benzene rings is 2. The van der Waals surface area contributed by atoms with E-state index >= 15 is 0 Å². The van der Waals surface area contributed by atoms with Crippen molar-refractivity contribution in [2.24, 2.45) is 5.73 Å². The van der Waals surface area contributed by atoms with Gasteiger partial charge in [-0.2, -0.15) is 13.2 Å². The number of nitrogens with two attached hydrogens (primary N) is 1. The molecule has 0 saturated carbocycles. The summed E-state index contributed by atoms with van der Waals surface area (Å²) in [5.74, 6) is -3.74. The van der Waals surface area contributed by atoms with Crippen molar-refractivity contribution in [2.75, 3.05) is 0 Å². The van der Waals surface area contributed by atoms with E-state index < -0.39 is 58.5 Å². The van der Waals surface area contributed by atoms with Gasteiger partial charge >= 0.3 is 6.18 Å². The summed E-state index contributed by atoms with van der Waals surface area (Å²) in [5, 5.41) is -0.537. The van der Waals surface area contributed by atoms with Gasteiger partial charge in [0.15, 0.2) is 0 Å². The van der Waals surface area contributed by atoms with Crippen LogP contribution >= 0.6 is 0 Å². The van der Waals surface area contributed by atoms with Gasteiger partial charge in [-0.05, 0) is 24.3 Å². The fraction of sp³-hybridized carbons (Fsp3) is 0.176. The van der Waals surface area contributed by atoms with Crippen LogP contribution in [0.15, 0.2) is 41.2 Å². The quantitative estimate of drug-likeness (QED) is 0.697. The summed E-state index contributed by atoms with van der Waals surface area (Å²) in [6.45, 7) is 0. The summed E-state index contributed by atoms with van der Waals surface area (Å²) >= 11 is 0. The predicted octanol–water partition coefficient (Wildman–Crippen LogP) is 3.76. The molecule has 1 heterocycles. The van der Waals surface area contributed by atoms with Crippen molar-refractivity contribution in [1.29, 1.82) is 0 Å². The van der Waals surface area contributed by atoms with E-state index in [-0.39, 0.29) is 5.52 Å². The third-order valence-corrected chi connectivity index (χ3v) is 3.76. The second-order valence-corrected chi connectivity index (χ2v) is 5.80. The largest absolute Gasteiger partial charge is 0.391 e. The Labute approximate surface area is 147 Å². The summed E-state index contributed by atoms with van der Waals surface area (Å²) in [4.78, 5) is 16.6. The van der Waals surface area contributed by atoms with Crippen LogP contribution in [-0.4, -0.2) is 15.7 Å². The number of halogens is 6. The highest BCUT2D eigenvalue weighted by molar-refractivity contribution is 5.78. The molecular weight excluding hydrogens is 376 g/mol. The van der Waals surface area contributed by atoms with Gasteiger partial charge in [-0.25, -0.2) is 18.2 Å². The zero-order chi connectivity index (χ0) is 19.9. The van der Waals surface area contributed by atoms with E-state index in [2.05, 4.69) is 4.98 Å². The van der Waals surface area contributed by atoms with Gasteiger partial charge in [0, 0.05) is 6.07 Å². The number of aromatic nitrogens is 2. The number of hydrogen-bond acceptors (Lipinski definition) is 3. The molecule has 142 valence electrons. The van der Waals surface area contributed by atoms with E-state index in [1.54, 1.807) is 0 Å². The molecule has 1 atom stereocenters.